The lowest BCUT2D eigenvalue weighted by atomic mass is 10.0. The molecule has 1 aromatic rings. The molecule has 0 bridgehead atoms. The summed E-state index contributed by atoms with van der Waals surface area (Å²) in [5, 5.41) is 9.73. The highest BCUT2D eigenvalue weighted by molar-refractivity contribution is 5.35. The lowest BCUT2D eigenvalue weighted by Gasteiger charge is -2.23. The van der Waals surface area contributed by atoms with Gasteiger partial charge in [-0.05, 0) is 26.0 Å². The number of hydrogen-bond donors (Lipinski definition) is 1. The van der Waals surface area contributed by atoms with Crippen molar-refractivity contribution in [3.8, 4) is 11.8 Å². The Hall–Kier alpha value is -1.30. The number of ether oxygens (including phenoxy) is 1. The Morgan fingerprint density at radius 3 is 2.33 bits per heavy atom. The third-order valence-corrected chi connectivity index (χ3v) is 2.00. The van der Waals surface area contributed by atoms with Gasteiger partial charge in [-0.1, -0.05) is 30.0 Å². The number of benzene rings is 1. The Morgan fingerprint density at radius 2 is 1.87 bits per heavy atom. The first kappa shape index (κ1) is 11.8. The van der Waals surface area contributed by atoms with Crippen LogP contribution in [0.25, 0.3) is 0 Å². The largest absolute Gasteiger partial charge is 0.387 e. The minimum Gasteiger partial charge on any atom is -0.387 e. The van der Waals surface area contributed by atoms with Gasteiger partial charge in [0.05, 0.1) is 5.60 Å². The molecule has 0 fully saturated rings. The van der Waals surface area contributed by atoms with Crippen molar-refractivity contribution in [2.24, 2.45) is 0 Å². The van der Waals surface area contributed by atoms with E-state index < -0.39 is 11.7 Å². The molecule has 2 nitrogen and oxygen atoms in total. The highest BCUT2D eigenvalue weighted by atomic mass is 16.5. The standard InChI is InChI=1S/C13H16O2/c1-13(2,14)12(15-3)10-9-11-7-5-4-6-8-11/h4-8,12,14H,1-3H3. The molecule has 0 spiro atoms. The van der Waals surface area contributed by atoms with Crippen LogP contribution in [0, 0.1) is 11.8 Å². The van der Waals surface area contributed by atoms with Crippen molar-refractivity contribution in [2.75, 3.05) is 7.11 Å². The summed E-state index contributed by atoms with van der Waals surface area (Å²) in [5.74, 6) is 5.87. The van der Waals surface area contributed by atoms with Crippen molar-refractivity contribution in [2.45, 2.75) is 25.6 Å². The van der Waals surface area contributed by atoms with Crippen LogP contribution in [0.4, 0.5) is 0 Å². The minimum atomic E-state index is -0.948. The maximum Gasteiger partial charge on any atom is 0.146 e. The molecule has 1 rings (SSSR count). The van der Waals surface area contributed by atoms with Crippen LogP contribution in [-0.4, -0.2) is 23.9 Å². The van der Waals surface area contributed by atoms with Gasteiger partial charge in [-0.25, -0.2) is 0 Å². The van der Waals surface area contributed by atoms with E-state index in [1.54, 1.807) is 21.0 Å². The molecule has 0 radical (unpaired) electrons. The molecule has 15 heavy (non-hydrogen) atoms. The van der Waals surface area contributed by atoms with Crippen LogP contribution < -0.4 is 0 Å². The fourth-order valence-electron chi connectivity index (χ4n) is 1.19. The van der Waals surface area contributed by atoms with Crippen LogP contribution in [0.3, 0.4) is 0 Å². The predicted octanol–water partition coefficient (Wildman–Crippen LogP) is 1.82. The predicted molar refractivity (Wildman–Crippen MR) is 60.4 cm³/mol. The molecule has 2 heteroatoms. The molecule has 0 aliphatic heterocycles. The Morgan fingerprint density at radius 1 is 1.27 bits per heavy atom. The van der Waals surface area contributed by atoms with Crippen LogP contribution in [-0.2, 0) is 4.74 Å². The first-order valence-corrected chi connectivity index (χ1v) is 4.86. The first-order chi connectivity index (χ1) is 7.04. The van der Waals surface area contributed by atoms with Crippen molar-refractivity contribution < 1.29 is 9.84 Å². The first-order valence-electron chi connectivity index (χ1n) is 4.86. The molecular formula is C13H16O2. The van der Waals surface area contributed by atoms with Gasteiger partial charge >= 0.3 is 0 Å². The van der Waals surface area contributed by atoms with E-state index in [-0.39, 0.29) is 0 Å². The summed E-state index contributed by atoms with van der Waals surface area (Å²) in [4.78, 5) is 0. The Labute approximate surface area is 90.9 Å². The van der Waals surface area contributed by atoms with E-state index in [2.05, 4.69) is 11.8 Å². The fraction of sp³-hybridized carbons (Fsp3) is 0.385. The zero-order valence-corrected chi connectivity index (χ0v) is 9.32. The van der Waals surface area contributed by atoms with Crippen LogP contribution in [0.15, 0.2) is 30.3 Å². The molecule has 0 amide bonds. The summed E-state index contributed by atoms with van der Waals surface area (Å²) in [6.07, 6.45) is -0.474. The van der Waals surface area contributed by atoms with Crippen LogP contribution in [0.5, 0.6) is 0 Å². The topological polar surface area (TPSA) is 29.5 Å². The second kappa shape index (κ2) is 4.97. The molecular weight excluding hydrogens is 188 g/mol. The van der Waals surface area contributed by atoms with Crippen molar-refractivity contribution >= 4 is 0 Å². The maximum atomic E-state index is 9.73. The van der Waals surface area contributed by atoms with Crippen LogP contribution in [0.2, 0.25) is 0 Å². The highest BCUT2D eigenvalue weighted by Crippen LogP contribution is 2.10. The molecule has 1 aromatic carbocycles. The van der Waals surface area contributed by atoms with Gasteiger partial charge in [0.1, 0.15) is 6.10 Å². The molecule has 0 aliphatic carbocycles. The molecule has 0 saturated heterocycles. The Bertz CT molecular complexity index is 352. The lowest BCUT2D eigenvalue weighted by Crippen LogP contribution is -2.36. The van der Waals surface area contributed by atoms with Crippen molar-refractivity contribution in [1.82, 2.24) is 0 Å². The summed E-state index contributed by atoms with van der Waals surface area (Å²) in [5.41, 5.74) is -0.0277. The fourth-order valence-corrected chi connectivity index (χ4v) is 1.19. The van der Waals surface area contributed by atoms with E-state index in [0.29, 0.717) is 0 Å². The van der Waals surface area contributed by atoms with Crippen LogP contribution >= 0.6 is 0 Å². The molecule has 0 aromatic heterocycles. The number of hydrogen-bond acceptors (Lipinski definition) is 2. The zero-order chi connectivity index (χ0) is 11.3. The van der Waals surface area contributed by atoms with Gasteiger partial charge in [0.25, 0.3) is 0 Å². The Balaban J connectivity index is 2.80. The third-order valence-electron chi connectivity index (χ3n) is 2.00. The van der Waals surface area contributed by atoms with E-state index in [9.17, 15) is 5.11 Å². The minimum absolute atomic E-state index is 0.474. The quantitative estimate of drug-likeness (QED) is 0.745. The van der Waals surface area contributed by atoms with Gasteiger partial charge in [-0.3, -0.25) is 0 Å². The normalized spacial score (nSPS) is 12.8. The smallest absolute Gasteiger partial charge is 0.146 e. The monoisotopic (exact) mass is 204 g/mol. The second-order valence-electron chi connectivity index (χ2n) is 3.90. The summed E-state index contributed by atoms with van der Waals surface area (Å²) < 4.78 is 5.11. The van der Waals surface area contributed by atoms with Gasteiger partial charge in [0.15, 0.2) is 0 Å². The van der Waals surface area contributed by atoms with E-state index in [4.69, 9.17) is 4.74 Å². The van der Waals surface area contributed by atoms with Gasteiger partial charge in [-0.15, -0.1) is 0 Å². The molecule has 1 unspecified atom stereocenters. The third kappa shape index (κ3) is 3.75. The summed E-state index contributed by atoms with van der Waals surface area (Å²) in [6, 6.07) is 9.63. The van der Waals surface area contributed by atoms with E-state index in [1.807, 2.05) is 30.3 Å². The maximum absolute atomic E-state index is 9.73. The summed E-state index contributed by atoms with van der Waals surface area (Å²) >= 11 is 0. The second-order valence-corrected chi connectivity index (χ2v) is 3.90. The SMILES string of the molecule is COC(C#Cc1ccccc1)C(C)(C)O. The number of aliphatic hydroxyl groups is 1. The average molecular weight is 204 g/mol. The molecule has 1 atom stereocenters. The molecule has 80 valence electrons. The zero-order valence-electron chi connectivity index (χ0n) is 9.32. The molecule has 0 heterocycles. The lowest BCUT2D eigenvalue weighted by molar-refractivity contribution is -0.0394. The Kier molecular flexibility index (Phi) is 3.90. The van der Waals surface area contributed by atoms with Crippen molar-refractivity contribution in [3.63, 3.8) is 0 Å². The number of methoxy groups -OCH3 is 1. The van der Waals surface area contributed by atoms with Crippen molar-refractivity contribution in [1.29, 1.82) is 0 Å². The van der Waals surface area contributed by atoms with Crippen LogP contribution in [0.1, 0.15) is 19.4 Å². The summed E-state index contributed by atoms with van der Waals surface area (Å²) in [6.45, 7) is 3.36. The van der Waals surface area contributed by atoms with E-state index >= 15 is 0 Å². The highest BCUT2D eigenvalue weighted by Gasteiger charge is 2.24. The molecule has 0 saturated carbocycles. The van der Waals surface area contributed by atoms with Gasteiger partial charge in [0.2, 0.25) is 0 Å². The molecule has 1 N–H and O–H groups in total. The van der Waals surface area contributed by atoms with E-state index in [1.165, 1.54) is 0 Å². The molecule has 0 aliphatic rings. The van der Waals surface area contributed by atoms with Crippen molar-refractivity contribution in [3.05, 3.63) is 35.9 Å². The number of rotatable bonds is 2. The van der Waals surface area contributed by atoms with Gasteiger partial charge in [0, 0.05) is 12.7 Å². The van der Waals surface area contributed by atoms with Gasteiger partial charge < -0.3 is 9.84 Å². The van der Waals surface area contributed by atoms with Gasteiger partial charge in [-0.2, -0.15) is 0 Å². The van der Waals surface area contributed by atoms with E-state index in [0.717, 1.165) is 5.56 Å². The average Bonchev–Trinajstić information content (AvgIpc) is 2.18. The summed E-state index contributed by atoms with van der Waals surface area (Å²) in [7, 11) is 1.54.